The van der Waals surface area contributed by atoms with Gasteiger partial charge in [0.15, 0.2) is 0 Å². The molecule has 0 aliphatic carbocycles. The molecular formula is C13H16FNO2. The Morgan fingerprint density at radius 2 is 2.00 bits per heavy atom. The van der Waals surface area contributed by atoms with E-state index >= 15 is 0 Å². The molecule has 0 spiro atoms. The Hall–Kier alpha value is -1.42. The van der Waals surface area contributed by atoms with Crippen LogP contribution in [0.5, 0.6) is 0 Å². The van der Waals surface area contributed by atoms with Gasteiger partial charge in [-0.1, -0.05) is 12.1 Å². The van der Waals surface area contributed by atoms with Crippen molar-refractivity contribution in [1.29, 1.82) is 0 Å². The number of hydrogen-bond donors (Lipinski definition) is 1. The molecule has 4 heteroatoms. The van der Waals surface area contributed by atoms with E-state index in [4.69, 9.17) is 0 Å². The van der Waals surface area contributed by atoms with E-state index in [1.807, 2.05) is 0 Å². The molecule has 1 aliphatic rings. The number of carbonyl (C=O) groups excluding carboxylic acids is 1. The van der Waals surface area contributed by atoms with E-state index in [9.17, 15) is 14.3 Å². The van der Waals surface area contributed by atoms with Crippen LogP contribution in [0, 0.1) is 19.7 Å². The number of halogens is 1. The monoisotopic (exact) mass is 237 g/mol. The standard InChI is InChI=1S/C13H16FNO2/c1-8-3-10(4-9(2)13(8)14)6-15-7-11(16)5-12(15)17/h3-4,11,16H,5-7H2,1-2H3. The number of β-amino-alcohol motifs (C(OH)–C–C–N with tert-alkyl or cyclic N) is 1. The number of nitrogens with zero attached hydrogens (tertiary/aromatic N) is 1. The number of aliphatic hydroxyl groups excluding tert-OH is 1. The highest BCUT2D eigenvalue weighted by Crippen LogP contribution is 2.19. The Bertz CT molecular complexity index is 436. The SMILES string of the molecule is Cc1cc(CN2CC(O)CC2=O)cc(C)c1F. The van der Waals surface area contributed by atoms with Gasteiger partial charge in [0.25, 0.3) is 0 Å². The lowest BCUT2D eigenvalue weighted by Gasteiger charge is -2.16. The molecule has 0 bridgehead atoms. The van der Waals surface area contributed by atoms with E-state index in [1.165, 1.54) is 0 Å². The van der Waals surface area contributed by atoms with Gasteiger partial charge in [-0.15, -0.1) is 0 Å². The Morgan fingerprint density at radius 3 is 2.47 bits per heavy atom. The molecule has 1 saturated heterocycles. The maximum Gasteiger partial charge on any atom is 0.225 e. The molecule has 92 valence electrons. The number of benzene rings is 1. The third-order valence-electron chi connectivity index (χ3n) is 3.06. The Balaban J connectivity index is 2.17. The molecule has 1 fully saturated rings. The number of aliphatic hydroxyl groups is 1. The molecule has 1 N–H and O–H groups in total. The van der Waals surface area contributed by atoms with E-state index in [0.29, 0.717) is 24.2 Å². The molecule has 1 aliphatic heterocycles. The fourth-order valence-electron chi connectivity index (χ4n) is 2.25. The molecule has 17 heavy (non-hydrogen) atoms. The molecule has 0 saturated carbocycles. The van der Waals surface area contributed by atoms with E-state index < -0.39 is 6.10 Å². The first-order valence-corrected chi connectivity index (χ1v) is 5.69. The number of rotatable bonds is 2. The first-order chi connectivity index (χ1) is 7.97. The number of amides is 1. The summed E-state index contributed by atoms with van der Waals surface area (Å²) in [5.74, 6) is -0.237. The fraction of sp³-hybridized carbons (Fsp3) is 0.462. The zero-order valence-corrected chi connectivity index (χ0v) is 10.0. The predicted molar refractivity (Wildman–Crippen MR) is 61.9 cm³/mol. The van der Waals surface area contributed by atoms with Gasteiger partial charge >= 0.3 is 0 Å². The lowest BCUT2D eigenvalue weighted by atomic mass is 10.1. The number of hydrogen-bond acceptors (Lipinski definition) is 2. The van der Waals surface area contributed by atoms with Crippen LogP contribution < -0.4 is 0 Å². The quantitative estimate of drug-likeness (QED) is 0.847. The molecule has 0 radical (unpaired) electrons. The summed E-state index contributed by atoms with van der Waals surface area (Å²) < 4.78 is 13.4. The van der Waals surface area contributed by atoms with Gasteiger partial charge in [0.2, 0.25) is 5.91 Å². The first-order valence-electron chi connectivity index (χ1n) is 5.69. The summed E-state index contributed by atoms with van der Waals surface area (Å²) in [5, 5.41) is 9.38. The van der Waals surface area contributed by atoms with Crippen molar-refractivity contribution in [3.8, 4) is 0 Å². The summed E-state index contributed by atoms with van der Waals surface area (Å²) in [4.78, 5) is 13.1. The fourth-order valence-corrected chi connectivity index (χ4v) is 2.25. The van der Waals surface area contributed by atoms with Crippen molar-refractivity contribution in [2.75, 3.05) is 6.54 Å². The number of aryl methyl sites for hydroxylation is 2. The van der Waals surface area contributed by atoms with Crippen LogP contribution in [0.15, 0.2) is 12.1 Å². The molecule has 1 heterocycles. The third kappa shape index (κ3) is 2.47. The topological polar surface area (TPSA) is 40.5 Å². The van der Waals surface area contributed by atoms with Crippen molar-refractivity contribution in [2.24, 2.45) is 0 Å². The van der Waals surface area contributed by atoms with Crippen LogP contribution in [0.1, 0.15) is 23.1 Å². The smallest absolute Gasteiger partial charge is 0.225 e. The second kappa shape index (κ2) is 4.45. The summed E-state index contributed by atoms with van der Waals surface area (Å²) in [5.41, 5.74) is 2.09. The van der Waals surface area contributed by atoms with Gasteiger partial charge in [-0.2, -0.15) is 0 Å². The lowest BCUT2D eigenvalue weighted by Crippen LogP contribution is -2.25. The second-order valence-electron chi connectivity index (χ2n) is 4.68. The zero-order chi connectivity index (χ0) is 12.6. The molecular weight excluding hydrogens is 221 g/mol. The predicted octanol–water partition coefficient (Wildman–Crippen LogP) is 1.54. The van der Waals surface area contributed by atoms with E-state index in [-0.39, 0.29) is 18.1 Å². The highest BCUT2D eigenvalue weighted by Gasteiger charge is 2.27. The summed E-state index contributed by atoms with van der Waals surface area (Å²) in [6.45, 7) is 4.24. The lowest BCUT2D eigenvalue weighted by molar-refractivity contribution is -0.128. The van der Waals surface area contributed by atoms with Crippen molar-refractivity contribution < 1.29 is 14.3 Å². The van der Waals surface area contributed by atoms with E-state index in [0.717, 1.165) is 5.56 Å². The second-order valence-corrected chi connectivity index (χ2v) is 4.68. The molecule has 1 atom stereocenters. The van der Waals surface area contributed by atoms with Gasteiger partial charge in [0.05, 0.1) is 12.5 Å². The minimum Gasteiger partial charge on any atom is -0.391 e. The van der Waals surface area contributed by atoms with Gasteiger partial charge in [-0.25, -0.2) is 4.39 Å². The largest absolute Gasteiger partial charge is 0.391 e. The minimum atomic E-state index is -0.565. The maximum atomic E-state index is 13.4. The normalized spacial score (nSPS) is 20.1. The Kier molecular flexibility index (Phi) is 3.15. The van der Waals surface area contributed by atoms with Crippen LogP contribution in [0.25, 0.3) is 0 Å². The average molecular weight is 237 g/mol. The van der Waals surface area contributed by atoms with Gasteiger partial charge in [-0.05, 0) is 30.5 Å². The van der Waals surface area contributed by atoms with Crippen LogP contribution in [-0.2, 0) is 11.3 Å². The maximum absolute atomic E-state index is 13.4. The van der Waals surface area contributed by atoms with Crippen LogP contribution >= 0.6 is 0 Å². The Labute approximate surface area is 99.9 Å². The van der Waals surface area contributed by atoms with Crippen molar-refractivity contribution in [3.63, 3.8) is 0 Å². The first kappa shape index (κ1) is 12.0. The summed E-state index contributed by atoms with van der Waals surface area (Å²) >= 11 is 0. The molecule has 2 rings (SSSR count). The van der Waals surface area contributed by atoms with Gasteiger partial charge in [0, 0.05) is 13.1 Å². The third-order valence-corrected chi connectivity index (χ3v) is 3.06. The summed E-state index contributed by atoms with van der Waals surface area (Å²) in [6, 6.07) is 3.50. The Morgan fingerprint density at radius 1 is 1.41 bits per heavy atom. The number of carbonyl (C=O) groups is 1. The molecule has 1 aromatic carbocycles. The highest BCUT2D eigenvalue weighted by molar-refractivity contribution is 5.79. The molecule has 3 nitrogen and oxygen atoms in total. The van der Waals surface area contributed by atoms with Crippen LogP contribution in [0.4, 0.5) is 4.39 Å². The zero-order valence-electron chi connectivity index (χ0n) is 10.0. The summed E-state index contributed by atoms with van der Waals surface area (Å²) in [6.07, 6.45) is -0.371. The van der Waals surface area contributed by atoms with Crippen molar-refractivity contribution in [1.82, 2.24) is 4.90 Å². The van der Waals surface area contributed by atoms with Crippen LogP contribution in [-0.4, -0.2) is 28.6 Å². The number of likely N-dealkylation sites (tertiary alicyclic amines) is 1. The van der Waals surface area contributed by atoms with Crippen molar-refractivity contribution >= 4 is 5.91 Å². The average Bonchev–Trinajstić information content (AvgIpc) is 2.54. The highest BCUT2D eigenvalue weighted by atomic mass is 19.1. The van der Waals surface area contributed by atoms with Crippen LogP contribution in [0.2, 0.25) is 0 Å². The van der Waals surface area contributed by atoms with Gasteiger partial charge in [0.1, 0.15) is 5.82 Å². The molecule has 1 unspecified atom stereocenters. The molecule has 1 aromatic rings. The summed E-state index contributed by atoms with van der Waals surface area (Å²) in [7, 11) is 0. The van der Waals surface area contributed by atoms with E-state index in [2.05, 4.69) is 0 Å². The van der Waals surface area contributed by atoms with Crippen molar-refractivity contribution in [2.45, 2.75) is 32.9 Å². The molecule has 0 aromatic heterocycles. The van der Waals surface area contributed by atoms with Crippen LogP contribution in [0.3, 0.4) is 0 Å². The molecule has 1 amide bonds. The minimum absolute atomic E-state index is 0.0443. The van der Waals surface area contributed by atoms with Gasteiger partial charge in [-0.3, -0.25) is 4.79 Å². The van der Waals surface area contributed by atoms with E-state index in [1.54, 1.807) is 30.9 Å². The van der Waals surface area contributed by atoms with Gasteiger partial charge < -0.3 is 10.0 Å². The van der Waals surface area contributed by atoms with Crippen molar-refractivity contribution in [3.05, 3.63) is 34.6 Å².